The molecule has 8 nitrogen and oxygen atoms in total. The quantitative estimate of drug-likeness (QED) is 0.177. The van der Waals surface area contributed by atoms with Crippen LogP contribution in [0.2, 0.25) is 10.0 Å². The molecule has 2 heterocycles. The molecule has 3 unspecified atom stereocenters. The van der Waals surface area contributed by atoms with Crippen molar-refractivity contribution >= 4 is 55.3 Å². The van der Waals surface area contributed by atoms with Crippen LogP contribution < -0.4 is 14.5 Å². The summed E-state index contributed by atoms with van der Waals surface area (Å²) < 4.78 is 13.7. The number of nitrogens with zero attached hydrogens (tertiary/aromatic N) is 4. The average Bonchev–Trinajstić information content (AvgIpc) is 2.98. The third-order valence-electron chi connectivity index (χ3n) is 8.42. The van der Waals surface area contributed by atoms with Gasteiger partial charge in [-0.05, 0) is 84.7 Å². The van der Waals surface area contributed by atoms with Crippen molar-refractivity contribution in [3.63, 3.8) is 0 Å². The summed E-state index contributed by atoms with van der Waals surface area (Å²) in [4.78, 5) is 32.4. The Morgan fingerprint density at radius 3 is 2.44 bits per heavy atom. The summed E-state index contributed by atoms with van der Waals surface area (Å²) in [5.41, 5.74) is 2.82. The van der Waals surface area contributed by atoms with Crippen LogP contribution in [0.5, 0.6) is 5.75 Å². The van der Waals surface area contributed by atoms with E-state index < -0.39 is 12.3 Å². The molecular formula is C32H45Cl2N4O4P. The molecule has 0 N–H and O–H groups in total. The van der Waals surface area contributed by atoms with Crippen LogP contribution in [-0.4, -0.2) is 79.8 Å². The first kappa shape index (κ1) is 33.6. The zero-order chi connectivity index (χ0) is 31.1. The Kier molecular flexibility index (Phi) is 12.2. The van der Waals surface area contributed by atoms with Crippen LogP contribution in [0.3, 0.4) is 0 Å². The van der Waals surface area contributed by atoms with Gasteiger partial charge in [-0.2, -0.15) is 0 Å². The van der Waals surface area contributed by atoms with Crippen molar-refractivity contribution in [1.82, 2.24) is 9.57 Å². The molecule has 0 radical (unpaired) electrons. The lowest BCUT2D eigenvalue weighted by atomic mass is 10.0. The van der Waals surface area contributed by atoms with E-state index in [-0.39, 0.29) is 20.7 Å². The number of fused-ring (bicyclic) bond motifs is 1. The molecule has 2 aliphatic heterocycles. The molecule has 1 saturated heterocycles. The molecule has 2 aliphatic rings. The minimum Gasteiger partial charge on any atom is -0.494 e. The number of piperazine rings is 1. The Morgan fingerprint density at radius 2 is 1.74 bits per heavy atom. The van der Waals surface area contributed by atoms with Gasteiger partial charge in [0.15, 0.2) is 6.23 Å². The molecule has 3 atom stereocenters. The number of carbonyl (C=O) groups excluding carboxylic acids is 2. The minimum absolute atomic E-state index is 0.0463. The molecule has 43 heavy (non-hydrogen) atoms. The molecule has 0 saturated carbocycles. The lowest BCUT2D eigenvalue weighted by Crippen LogP contribution is -2.46. The SMILES string of the molecule is CPN(C(=O)OC(C)N1C(=O)CCc2ccc(OCCCCN3CCN(c4cccc(Cl)c4Cl)CC3)cc21)C(C)C(C)C. The topological polar surface area (TPSA) is 65.6 Å². The second kappa shape index (κ2) is 15.7. The van der Waals surface area contributed by atoms with E-state index in [1.54, 1.807) is 16.5 Å². The highest BCUT2D eigenvalue weighted by Crippen LogP contribution is 2.35. The van der Waals surface area contributed by atoms with Gasteiger partial charge in [0.1, 0.15) is 5.75 Å². The van der Waals surface area contributed by atoms with Crippen LogP contribution in [0.25, 0.3) is 0 Å². The number of aryl methyl sites for hydroxylation is 1. The molecule has 2 aromatic carbocycles. The summed E-state index contributed by atoms with van der Waals surface area (Å²) in [6.45, 7) is 15.3. The lowest BCUT2D eigenvalue weighted by Gasteiger charge is -2.36. The molecule has 11 heteroatoms. The zero-order valence-corrected chi connectivity index (χ0v) is 28.5. The molecule has 1 fully saturated rings. The van der Waals surface area contributed by atoms with Gasteiger partial charge in [0.25, 0.3) is 0 Å². The monoisotopic (exact) mass is 650 g/mol. The van der Waals surface area contributed by atoms with Gasteiger partial charge in [0, 0.05) is 44.7 Å². The van der Waals surface area contributed by atoms with Crippen molar-refractivity contribution in [2.24, 2.45) is 5.92 Å². The van der Waals surface area contributed by atoms with Crippen molar-refractivity contribution in [2.45, 2.75) is 65.6 Å². The van der Waals surface area contributed by atoms with E-state index >= 15 is 0 Å². The number of rotatable bonds is 12. The van der Waals surface area contributed by atoms with E-state index in [0.29, 0.717) is 41.2 Å². The lowest BCUT2D eigenvalue weighted by molar-refractivity contribution is -0.120. The van der Waals surface area contributed by atoms with Crippen LogP contribution in [0.4, 0.5) is 16.2 Å². The van der Waals surface area contributed by atoms with Crippen molar-refractivity contribution < 1.29 is 19.1 Å². The van der Waals surface area contributed by atoms with Gasteiger partial charge in [0.05, 0.1) is 28.0 Å². The van der Waals surface area contributed by atoms with E-state index in [2.05, 4.69) is 23.6 Å². The van der Waals surface area contributed by atoms with Gasteiger partial charge in [-0.3, -0.25) is 19.3 Å². The first-order valence-corrected chi connectivity index (χ1v) is 17.5. The molecule has 0 bridgehead atoms. The largest absolute Gasteiger partial charge is 0.494 e. The maximum Gasteiger partial charge on any atom is 0.415 e. The Balaban J connectivity index is 1.26. The highest BCUT2D eigenvalue weighted by Gasteiger charge is 2.33. The van der Waals surface area contributed by atoms with Crippen LogP contribution in [-0.2, 0) is 16.0 Å². The second-order valence-corrected chi connectivity index (χ2v) is 13.3. The summed E-state index contributed by atoms with van der Waals surface area (Å²) in [5.74, 6) is 0.969. The summed E-state index contributed by atoms with van der Waals surface area (Å²) in [5, 5.41) is 1.22. The maximum atomic E-state index is 13.0. The number of unbranched alkanes of at least 4 members (excludes halogenated alkanes) is 1. The number of anilines is 2. The van der Waals surface area contributed by atoms with E-state index in [1.807, 2.05) is 50.0 Å². The first-order valence-electron chi connectivity index (χ1n) is 15.3. The molecule has 2 amide bonds. The van der Waals surface area contributed by atoms with E-state index in [9.17, 15) is 9.59 Å². The van der Waals surface area contributed by atoms with Crippen molar-refractivity contribution in [3.05, 3.63) is 52.0 Å². The predicted octanol–water partition coefficient (Wildman–Crippen LogP) is 7.31. The third kappa shape index (κ3) is 8.48. The number of amides is 2. The summed E-state index contributed by atoms with van der Waals surface area (Å²) in [7, 11) is 0.279. The Hall–Kier alpha value is -2.25. The van der Waals surface area contributed by atoms with Gasteiger partial charge in [-0.25, -0.2) is 4.79 Å². The number of hydrogen-bond donors (Lipinski definition) is 0. The van der Waals surface area contributed by atoms with Crippen LogP contribution in [0.1, 0.15) is 52.5 Å². The molecule has 4 rings (SSSR count). The molecule has 236 valence electrons. The van der Waals surface area contributed by atoms with Crippen molar-refractivity contribution in [2.75, 3.05) is 55.8 Å². The number of benzene rings is 2. The number of hydrogen-bond acceptors (Lipinski definition) is 6. The van der Waals surface area contributed by atoms with Crippen LogP contribution >= 0.6 is 31.9 Å². The van der Waals surface area contributed by atoms with Crippen LogP contribution in [0, 0.1) is 5.92 Å². The first-order chi connectivity index (χ1) is 20.6. The van der Waals surface area contributed by atoms with Crippen molar-refractivity contribution in [3.8, 4) is 5.75 Å². The van der Waals surface area contributed by atoms with Gasteiger partial charge in [0.2, 0.25) is 5.91 Å². The van der Waals surface area contributed by atoms with Gasteiger partial charge in [-0.1, -0.05) is 49.2 Å². The molecule has 0 aromatic heterocycles. The van der Waals surface area contributed by atoms with Gasteiger partial charge in [-0.15, -0.1) is 0 Å². The molecular weight excluding hydrogens is 606 g/mol. The minimum atomic E-state index is -0.720. The second-order valence-electron chi connectivity index (χ2n) is 11.6. The average molecular weight is 652 g/mol. The summed E-state index contributed by atoms with van der Waals surface area (Å²) in [6, 6.07) is 11.7. The van der Waals surface area contributed by atoms with E-state index in [4.69, 9.17) is 32.7 Å². The maximum absolute atomic E-state index is 13.0. The zero-order valence-electron chi connectivity index (χ0n) is 25.9. The summed E-state index contributed by atoms with van der Waals surface area (Å²) >= 11 is 12.6. The predicted molar refractivity (Wildman–Crippen MR) is 178 cm³/mol. The number of carbonyl (C=O) groups is 2. The fourth-order valence-corrected chi connectivity index (χ4v) is 6.91. The highest BCUT2D eigenvalue weighted by molar-refractivity contribution is 7.35. The molecule has 0 spiro atoms. The van der Waals surface area contributed by atoms with E-state index in [0.717, 1.165) is 62.5 Å². The summed E-state index contributed by atoms with van der Waals surface area (Å²) in [6.07, 6.45) is 1.89. The number of ether oxygens (including phenoxy) is 2. The number of halogens is 2. The van der Waals surface area contributed by atoms with E-state index in [1.165, 1.54) is 0 Å². The van der Waals surface area contributed by atoms with Gasteiger partial charge >= 0.3 is 6.09 Å². The molecule has 0 aliphatic carbocycles. The Labute approximate surface area is 268 Å². The Bertz CT molecular complexity index is 1260. The van der Waals surface area contributed by atoms with Crippen molar-refractivity contribution in [1.29, 1.82) is 0 Å². The van der Waals surface area contributed by atoms with Crippen LogP contribution in [0.15, 0.2) is 36.4 Å². The standard InChI is InChI=1S/C32H45Cl2N4O4P/c1-22(2)23(3)38(43-5)32(40)42-24(4)37-29-21-26(13-11-25(29)12-14-30(37)39)41-20-7-6-15-35-16-18-36(19-17-35)28-10-8-9-27(33)31(28)34/h8-11,13,21-24,43H,6-7,12,14-20H2,1-5H3. The third-order valence-corrected chi connectivity index (χ3v) is 10.3. The van der Waals surface area contributed by atoms with Gasteiger partial charge < -0.3 is 14.4 Å². The fourth-order valence-electron chi connectivity index (χ4n) is 5.56. The highest BCUT2D eigenvalue weighted by atomic mass is 35.5. The smallest absolute Gasteiger partial charge is 0.415 e. The Morgan fingerprint density at radius 1 is 1.00 bits per heavy atom. The normalized spacial score (nSPS) is 17.3. The fraction of sp³-hybridized carbons (Fsp3) is 0.562. The molecule has 2 aromatic rings.